The maximum Gasteiger partial charge on any atom is 0.168 e. The molecule has 0 amide bonds. The van der Waals surface area contributed by atoms with Crippen LogP contribution in [0.15, 0.2) is 24.3 Å². The number of unbranched alkanes of at least 4 members (excludes halogenated alkanes) is 5. The lowest BCUT2D eigenvalue weighted by molar-refractivity contribution is 0.289. The summed E-state index contributed by atoms with van der Waals surface area (Å²) in [5.74, 6) is -0.0523. The van der Waals surface area contributed by atoms with Gasteiger partial charge in [0.25, 0.3) is 0 Å². The van der Waals surface area contributed by atoms with E-state index >= 15 is 0 Å². The molecule has 1 aliphatic carbocycles. The molecule has 0 aliphatic heterocycles. The number of fused-ring (bicyclic) bond motifs is 3. The Labute approximate surface area is 166 Å². The number of ether oxygens (including phenoxy) is 2. The molecule has 28 heavy (non-hydrogen) atoms. The number of benzene rings is 2. The first-order chi connectivity index (χ1) is 13.7. The molecule has 0 bridgehead atoms. The lowest BCUT2D eigenvalue weighted by atomic mass is 9.84. The second kappa shape index (κ2) is 9.90. The second-order valence-electron chi connectivity index (χ2n) is 7.36. The predicted molar refractivity (Wildman–Crippen MR) is 109 cm³/mol. The Balaban J connectivity index is 1.70. The van der Waals surface area contributed by atoms with Gasteiger partial charge >= 0.3 is 0 Å². The van der Waals surface area contributed by atoms with Gasteiger partial charge in [-0.2, -0.15) is 0 Å². The molecule has 2 aromatic rings. The van der Waals surface area contributed by atoms with Gasteiger partial charge in [-0.25, -0.2) is 8.78 Å². The molecule has 0 spiro atoms. The van der Waals surface area contributed by atoms with Gasteiger partial charge in [0.1, 0.15) is 0 Å². The number of halogens is 2. The summed E-state index contributed by atoms with van der Waals surface area (Å²) in [6, 6.07) is 6.99. The van der Waals surface area contributed by atoms with Crippen LogP contribution in [0.1, 0.15) is 63.5 Å². The minimum atomic E-state index is -0.325. The molecule has 4 heteroatoms. The normalized spacial score (nSPS) is 12.4. The van der Waals surface area contributed by atoms with Crippen LogP contribution in [-0.2, 0) is 12.8 Å². The van der Waals surface area contributed by atoms with Crippen molar-refractivity contribution in [2.75, 3.05) is 13.2 Å². The van der Waals surface area contributed by atoms with Gasteiger partial charge in [-0.05, 0) is 60.6 Å². The van der Waals surface area contributed by atoms with Gasteiger partial charge in [0.05, 0.1) is 13.2 Å². The highest BCUT2D eigenvalue weighted by atomic mass is 19.1. The van der Waals surface area contributed by atoms with Crippen LogP contribution in [0.2, 0.25) is 0 Å². The topological polar surface area (TPSA) is 18.5 Å². The highest BCUT2D eigenvalue weighted by Crippen LogP contribution is 2.40. The van der Waals surface area contributed by atoms with Gasteiger partial charge in [0.15, 0.2) is 23.1 Å². The summed E-state index contributed by atoms with van der Waals surface area (Å²) in [6.07, 6.45) is 7.95. The van der Waals surface area contributed by atoms with E-state index in [9.17, 15) is 8.78 Å². The van der Waals surface area contributed by atoms with Crippen molar-refractivity contribution >= 4 is 0 Å². The minimum Gasteiger partial charge on any atom is -0.491 e. The minimum absolute atomic E-state index is 0.268. The monoisotopic (exact) mass is 388 g/mol. The van der Waals surface area contributed by atoms with Gasteiger partial charge in [0, 0.05) is 0 Å². The summed E-state index contributed by atoms with van der Waals surface area (Å²) in [7, 11) is 0. The van der Waals surface area contributed by atoms with Gasteiger partial charge in [0.2, 0.25) is 0 Å². The van der Waals surface area contributed by atoms with Gasteiger partial charge in [-0.3, -0.25) is 0 Å². The van der Waals surface area contributed by atoms with Gasteiger partial charge in [-0.1, -0.05) is 51.2 Å². The van der Waals surface area contributed by atoms with E-state index in [4.69, 9.17) is 9.47 Å². The van der Waals surface area contributed by atoms with Crippen molar-refractivity contribution in [1.29, 1.82) is 0 Å². The molecule has 0 N–H and O–H groups in total. The first kappa shape index (κ1) is 20.6. The van der Waals surface area contributed by atoms with Gasteiger partial charge in [-0.15, -0.1) is 0 Å². The molecule has 0 unspecified atom stereocenters. The van der Waals surface area contributed by atoms with E-state index in [1.54, 1.807) is 12.1 Å². The quantitative estimate of drug-likeness (QED) is 0.414. The van der Waals surface area contributed by atoms with Gasteiger partial charge < -0.3 is 9.47 Å². The van der Waals surface area contributed by atoms with Crippen molar-refractivity contribution in [1.82, 2.24) is 0 Å². The Bertz CT molecular complexity index is 802. The molecule has 0 aromatic heterocycles. The average molecular weight is 388 g/mol. The Morgan fingerprint density at radius 3 is 1.82 bits per heavy atom. The number of hydrogen-bond acceptors (Lipinski definition) is 2. The third kappa shape index (κ3) is 4.48. The standard InChI is InChI=1S/C24H30F2O2/c1-3-5-6-7-8-9-16-28-22-15-13-18-17-12-14-21(27-4-2)23(25)19(17)10-11-20(18)24(22)26/h12-15H,3-11,16H2,1-2H3. The molecule has 1 aliphatic rings. The molecule has 0 atom stereocenters. The van der Waals surface area contributed by atoms with E-state index in [1.807, 2.05) is 19.1 Å². The van der Waals surface area contributed by atoms with Crippen LogP contribution in [0, 0.1) is 11.6 Å². The maximum absolute atomic E-state index is 15.0. The van der Waals surface area contributed by atoms with Crippen LogP contribution < -0.4 is 9.47 Å². The van der Waals surface area contributed by atoms with E-state index in [0.717, 1.165) is 24.0 Å². The first-order valence-electron chi connectivity index (χ1n) is 10.6. The summed E-state index contributed by atoms with van der Waals surface area (Å²) in [5, 5.41) is 0. The van der Waals surface area contributed by atoms with Crippen molar-refractivity contribution in [3.8, 4) is 22.6 Å². The molecule has 2 aromatic carbocycles. The summed E-state index contributed by atoms with van der Waals surface area (Å²) >= 11 is 0. The van der Waals surface area contributed by atoms with E-state index in [1.165, 1.54) is 25.7 Å². The number of hydrogen-bond donors (Lipinski definition) is 0. The summed E-state index contributed by atoms with van der Waals surface area (Å²) in [4.78, 5) is 0. The largest absolute Gasteiger partial charge is 0.491 e. The van der Waals surface area contributed by atoms with E-state index in [2.05, 4.69) is 6.92 Å². The lowest BCUT2D eigenvalue weighted by Crippen LogP contribution is -2.11. The van der Waals surface area contributed by atoms with Crippen LogP contribution in [-0.4, -0.2) is 13.2 Å². The highest BCUT2D eigenvalue weighted by Gasteiger charge is 2.25. The van der Waals surface area contributed by atoms with Crippen molar-refractivity contribution in [2.24, 2.45) is 0 Å². The molecule has 0 fully saturated rings. The Morgan fingerprint density at radius 1 is 0.714 bits per heavy atom. The molecule has 3 rings (SSSR count). The lowest BCUT2D eigenvalue weighted by Gasteiger charge is -2.23. The highest BCUT2D eigenvalue weighted by molar-refractivity contribution is 5.75. The fourth-order valence-corrected chi connectivity index (χ4v) is 3.89. The van der Waals surface area contributed by atoms with Crippen LogP contribution in [0.25, 0.3) is 11.1 Å². The van der Waals surface area contributed by atoms with Crippen molar-refractivity contribution in [3.63, 3.8) is 0 Å². The van der Waals surface area contributed by atoms with Crippen LogP contribution in [0.4, 0.5) is 8.78 Å². The Kier molecular flexibility index (Phi) is 7.30. The Morgan fingerprint density at radius 2 is 1.25 bits per heavy atom. The van der Waals surface area contributed by atoms with Crippen molar-refractivity contribution < 1.29 is 18.3 Å². The molecule has 0 saturated heterocycles. The molecule has 152 valence electrons. The summed E-state index contributed by atoms with van der Waals surface area (Å²) in [5.41, 5.74) is 2.74. The van der Waals surface area contributed by atoms with Crippen molar-refractivity contribution in [2.45, 2.75) is 65.2 Å². The van der Waals surface area contributed by atoms with Crippen molar-refractivity contribution in [3.05, 3.63) is 47.0 Å². The third-order valence-corrected chi connectivity index (χ3v) is 5.39. The number of rotatable bonds is 10. The van der Waals surface area contributed by atoms with Crippen LogP contribution in [0.5, 0.6) is 11.5 Å². The molecular formula is C24H30F2O2. The van der Waals surface area contributed by atoms with E-state index in [0.29, 0.717) is 42.9 Å². The summed E-state index contributed by atoms with van der Waals surface area (Å²) < 4.78 is 40.7. The zero-order valence-electron chi connectivity index (χ0n) is 17.0. The fourth-order valence-electron chi connectivity index (χ4n) is 3.89. The zero-order valence-corrected chi connectivity index (χ0v) is 17.0. The molecular weight excluding hydrogens is 358 g/mol. The summed E-state index contributed by atoms with van der Waals surface area (Å²) in [6.45, 7) is 4.98. The zero-order chi connectivity index (χ0) is 19.9. The fraction of sp³-hybridized carbons (Fsp3) is 0.500. The maximum atomic E-state index is 15.0. The SMILES string of the molecule is CCCCCCCCOc1ccc2c(c1F)CCc1c-2ccc(OCC)c1F. The predicted octanol–water partition coefficient (Wildman–Crippen LogP) is 6.87. The molecule has 0 saturated carbocycles. The van der Waals surface area contributed by atoms with Crippen LogP contribution in [0.3, 0.4) is 0 Å². The molecule has 0 heterocycles. The molecule has 2 nitrogen and oxygen atoms in total. The average Bonchev–Trinajstić information content (AvgIpc) is 2.71. The third-order valence-electron chi connectivity index (χ3n) is 5.39. The molecule has 0 radical (unpaired) electrons. The second-order valence-corrected chi connectivity index (χ2v) is 7.36. The van der Waals surface area contributed by atoms with E-state index < -0.39 is 0 Å². The first-order valence-corrected chi connectivity index (χ1v) is 10.6. The smallest absolute Gasteiger partial charge is 0.168 e. The Hall–Kier alpha value is -2.10. The van der Waals surface area contributed by atoms with Crippen LogP contribution >= 0.6 is 0 Å². The van der Waals surface area contributed by atoms with E-state index in [-0.39, 0.29) is 17.4 Å².